The van der Waals surface area contributed by atoms with Crippen LogP contribution in [-0.4, -0.2) is 6.15 Å². The Bertz CT molecular complexity index is 2760. The number of benzene rings is 6. The van der Waals surface area contributed by atoms with E-state index in [-0.39, 0.29) is 0 Å². The maximum absolute atomic E-state index is 14.2. The topological polar surface area (TPSA) is 3.88 Å². The molecule has 0 aliphatic carbocycles. The van der Waals surface area contributed by atoms with Crippen LogP contribution in [0.4, 0.5) is 105 Å². The lowest BCUT2D eigenvalue weighted by Crippen LogP contribution is -2.75. The van der Waals surface area contributed by atoms with Crippen molar-refractivity contribution in [3.8, 4) is 0 Å². The summed E-state index contributed by atoms with van der Waals surface area (Å²) >= 11 is 4.36. The number of aromatic nitrogens is 1. The number of pyridine rings is 1. The van der Waals surface area contributed by atoms with Crippen molar-refractivity contribution in [3.63, 3.8) is 0 Å². The minimum atomic E-state index is -6.13. The number of fused-ring (bicyclic) bond motifs is 1. The van der Waals surface area contributed by atoms with Crippen molar-refractivity contribution in [2.75, 3.05) is 0 Å². The third-order valence-electron chi connectivity index (χ3n) is 11.5. The first kappa shape index (κ1) is 57.7. The minimum Gasteiger partial charge on any atom is -0.200 e. The first-order valence-corrected chi connectivity index (χ1v) is 21.0. The zero-order valence-electron chi connectivity index (χ0n) is 36.5. The summed E-state index contributed by atoms with van der Waals surface area (Å²) in [5.74, 6) is 0. The van der Waals surface area contributed by atoms with Gasteiger partial charge in [0, 0.05) is 21.9 Å². The molecule has 0 unspecified atom stereocenters. The van der Waals surface area contributed by atoms with E-state index in [4.69, 9.17) is 0 Å². The molecule has 27 heteroatoms. The van der Waals surface area contributed by atoms with Gasteiger partial charge in [-0.15, -0.1) is 12.6 Å². The van der Waals surface area contributed by atoms with Gasteiger partial charge in [0.05, 0.1) is 44.5 Å². The average molecular weight is 1120 g/mol. The van der Waals surface area contributed by atoms with E-state index in [9.17, 15) is 105 Å². The summed E-state index contributed by atoms with van der Waals surface area (Å²) in [5.41, 5.74) is -28.9. The maximum atomic E-state index is 14.2. The molecule has 0 N–H and O–H groups in total. The highest BCUT2D eigenvalue weighted by Gasteiger charge is 2.47. The smallest absolute Gasteiger partial charge is 0.200 e. The van der Waals surface area contributed by atoms with Gasteiger partial charge in [-0.1, -0.05) is 78.9 Å². The van der Waals surface area contributed by atoms with Crippen LogP contribution in [0.25, 0.3) is 10.8 Å². The van der Waals surface area contributed by atoms with E-state index in [1.165, 1.54) is 16.3 Å². The Morgan fingerprint density at radius 3 is 0.867 bits per heavy atom. The van der Waals surface area contributed by atoms with Crippen molar-refractivity contribution in [1.82, 2.24) is 0 Å². The van der Waals surface area contributed by atoms with Gasteiger partial charge in [0.25, 0.3) is 0 Å². The first-order chi connectivity index (χ1) is 34.1. The molecule has 0 amide bonds. The Labute approximate surface area is 411 Å². The molecule has 1 aromatic heterocycles. The number of hydrogen-bond acceptors (Lipinski definition) is 1. The van der Waals surface area contributed by atoms with Gasteiger partial charge in [-0.2, -0.15) is 127 Å². The fourth-order valence-corrected chi connectivity index (χ4v) is 8.40. The number of nitrogens with zero attached hydrogens (tertiary/aromatic N) is 1. The molecule has 1 nitrogen and oxygen atoms in total. The van der Waals surface area contributed by atoms with E-state index in [1.54, 1.807) is 0 Å². The second-order valence-electron chi connectivity index (χ2n) is 16.6. The van der Waals surface area contributed by atoms with E-state index in [0.717, 1.165) is 11.4 Å². The molecule has 0 bridgehead atoms. The van der Waals surface area contributed by atoms with Gasteiger partial charge < -0.3 is 0 Å². The lowest BCUT2D eigenvalue weighted by Gasteiger charge is -2.46. The molecule has 0 saturated carbocycles. The summed E-state index contributed by atoms with van der Waals surface area (Å²) in [6, 6.07) is 10.0. The largest absolute Gasteiger partial charge is 0.416 e. The number of thiol groups is 1. The lowest BCUT2D eigenvalue weighted by molar-refractivity contribution is -0.687. The van der Waals surface area contributed by atoms with Crippen molar-refractivity contribution in [3.05, 3.63) is 190 Å². The molecule has 0 saturated heterocycles. The number of halogens is 24. The normalized spacial score (nSPS) is 13.5. The molecule has 0 radical (unpaired) electrons. The second-order valence-corrected chi connectivity index (χ2v) is 17.2. The molecule has 0 aliphatic heterocycles. The van der Waals surface area contributed by atoms with Crippen LogP contribution in [0, 0.1) is 0 Å². The Kier molecular flexibility index (Phi) is 15.3. The van der Waals surface area contributed by atoms with Crippen LogP contribution in [0.2, 0.25) is 0 Å². The van der Waals surface area contributed by atoms with Gasteiger partial charge in [-0.05, 0) is 47.9 Å². The molecule has 0 fully saturated rings. The van der Waals surface area contributed by atoms with Crippen molar-refractivity contribution in [2.45, 2.75) is 60.9 Å². The summed E-state index contributed by atoms with van der Waals surface area (Å²) in [4.78, 5) is 1.00. The zero-order chi connectivity index (χ0) is 56.3. The van der Waals surface area contributed by atoms with Crippen molar-refractivity contribution in [2.24, 2.45) is 0 Å². The summed E-state index contributed by atoms with van der Waals surface area (Å²) in [6.45, 7) is 0.902. The van der Waals surface area contributed by atoms with Gasteiger partial charge in [0.1, 0.15) is 6.15 Å². The maximum Gasteiger partial charge on any atom is 0.416 e. The number of alkyl halides is 24. The summed E-state index contributed by atoms with van der Waals surface area (Å²) < 4.78 is 343. The molecule has 0 atom stereocenters. The quantitative estimate of drug-likeness (QED) is 0.0732. The standard InChI is InChI=1S/C32H12BF24.C16H13NS/c34-25(35,36)13-1-14(26(37,38)39)6-21(5-13)33(22-7-15(27(40,41)42)2-16(8-22)28(43,44)45,23-9-17(29(46,47)48)3-18(10-23)30(49,50)51)24-11-19(31(52,53)54)4-20(12-24)32(55,56)57;18-16-7-6-15-12-17(9-8-14(15)10-16)11-13-4-2-1-3-5-13/h1-12H;1-10,12H,11H2/q-1;/p+1. The minimum absolute atomic E-state index is 0.691. The van der Waals surface area contributed by atoms with Gasteiger partial charge >= 0.3 is 49.4 Å². The van der Waals surface area contributed by atoms with Gasteiger partial charge in [0.2, 0.25) is 0 Å². The zero-order valence-corrected chi connectivity index (χ0v) is 37.4. The molecule has 7 rings (SSSR count). The fraction of sp³-hybridized carbons (Fsp3) is 0.188. The third kappa shape index (κ3) is 13.3. The molecular weight excluding hydrogens is 1090 g/mol. The Morgan fingerprint density at radius 1 is 0.320 bits per heavy atom. The van der Waals surface area contributed by atoms with Crippen LogP contribution >= 0.6 is 12.6 Å². The lowest BCUT2D eigenvalue weighted by atomic mass is 9.12. The predicted octanol–water partition coefficient (Wildman–Crippen LogP) is 14.7. The summed E-state index contributed by atoms with van der Waals surface area (Å²) in [6.07, 6.45) is -50.5. The molecule has 6 aromatic carbocycles. The Hall–Kier alpha value is -6.54. The fourth-order valence-electron chi connectivity index (χ4n) is 8.18. The van der Waals surface area contributed by atoms with Gasteiger partial charge in [-0.25, -0.2) is 4.57 Å². The van der Waals surface area contributed by atoms with Crippen LogP contribution in [-0.2, 0) is 56.0 Å². The molecule has 0 aliphatic rings. The van der Waals surface area contributed by atoms with E-state index < -0.39 is 195 Å². The molecule has 75 heavy (non-hydrogen) atoms. The summed E-state index contributed by atoms with van der Waals surface area (Å²) in [5, 5.41) is 2.47. The highest BCUT2D eigenvalue weighted by Crippen LogP contribution is 2.41. The van der Waals surface area contributed by atoms with E-state index in [2.05, 4.69) is 72.1 Å². The predicted molar refractivity (Wildman–Crippen MR) is 227 cm³/mol. The highest BCUT2D eigenvalue weighted by atomic mass is 32.1. The molecule has 0 spiro atoms. The molecular formula is C48H26BF24NS. The first-order valence-electron chi connectivity index (χ1n) is 20.6. The van der Waals surface area contributed by atoms with Crippen LogP contribution < -0.4 is 26.4 Å². The average Bonchev–Trinajstić information content (AvgIpc) is 3.27. The van der Waals surface area contributed by atoms with Crippen LogP contribution in [0.5, 0.6) is 0 Å². The second kappa shape index (κ2) is 19.9. The number of hydrogen-bond donors (Lipinski definition) is 1. The SMILES string of the molecule is FC(F)(F)c1cc([B-](c2cc(C(F)(F)F)cc(C(F)(F)F)c2)(c2cc(C(F)(F)F)cc(C(F)(F)F)c2)c2cc(C(F)(F)F)cc(C(F)(F)F)c2)cc(C(F)(F)F)c1.Sc1ccc2c[n+](Cc3ccccc3)ccc2c1. The van der Waals surface area contributed by atoms with Crippen molar-refractivity contribution < 1.29 is 110 Å². The van der Waals surface area contributed by atoms with E-state index in [0.29, 0.717) is 0 Å². The van der Waals surface area contributed by atoms with E-state index >= 15 is 0 Å². The van der Waals surface area contributed by atoms with Crippen LogP contribution in [0.1, 0.15) is 50.1 Å². The Balaban J connectivity index is 0.000000421. The monoisotopic (exact) mass is 1120 g/mol. The highest BCUT2D eigenvalue weighted by molar-refractivity contribution is 7.80. The van der Waals surface area contributed by atoms with Crippen molar-refractivity contribution in [1.29, 1.82) is 0 Å². The number of rotatable bonds is 6. The summed E-state index contributed by atoms with van der Waals surface area (Å²) in [7, 11) is 0. The van der Waals surface area contributed by atoms with Crippen LogP contribution in [0.3, 0.4) is 0 Å². The Morgan fingerprint density at radius 2 is 0.600 bits per heavy atom. The van der Waals surface area contributed by atoms with Crippen LogP contribution in [0.15, 0.2) is 145 Å². The molecule has 7 aromatic rings. The van der Waals surface area contributed by atoms with Crippen molar-refractivity contribution >= 4 is 51.4 Å². The van der Waals surface area contributed by atoms with Gasteiger partial charge in [0.15, 0.2) is 18.9 Å². The van der Waals surface area contributed by atoms with Gasteiger partial charge in [-0.3, -0.25) is 0 Å². The van der Waals surface area contributed by atoms with E-state index in [1.807, 2.05) is 12.1 Å². The molecule has 1 heterocycles. The third-order valence-corrected chi connectivity index (χ3v) is 11.7. The molecule has 400 valence electrons.